The van der Waals surface area contributed by atoms with E-state index < -0.39 is 8.07 Å². The maximum absolute atomic E-state index is 4.99. The van der Waals surface area contributed by atoms with E-state index in [1.54, 1.807) is 0 Å². The van der Waals surface area contributed by atoms with Crippen molar-refractivity contribution in [3.63, 3.8) is 0 Å². The van der Waals surface area contributed by atoms with E-state index in [-0.39, 0.29) is 0 Å². The maximum atomic E-state index is 4.99. The van der Waals surface area contributed by atoms with Crippen molar-refractivity contribution in [1.29, 1.82) is 0 Å². The Labute approximate surface area is 152 Å². The van der Waals surface area contributed by atoms with Crippen LogP contribution in [0.15, 0.2) is 46.6 Å². The van der Waals surface area contributed by atoms with Crippen molar-refractivity contribution in [2.24, 2.45) is 4.99 Å². The minimum Gasteiger partial charge on any atom is -0.372 e. The topological polar surface area (TPSA) is 18.6 Å². The minimum atomic E-state index is -1.75. The molecule has 1 fully saturated rings. The van der Waals surface area contributed by atoms with E-state index in [9.17, 15) is 0 Å². The van der Waals surface area contributed by atoms with Crippen molar-refractivity contribution in [2.45, 2.75) is 32.4 Å². The Morgan fingerprint density at radius 1 is 1.04 bits per heavy atom. The molecule has 1 saturated heterocycles. The SMILES string of the molecule is C[N+](C)=C1C=CC2=Nc3ccc(N4CCCCC4)cc3[Si](C)(C)C2=C1. The Balaban J connectivity index is 1.81. The molecule has 25 heavy (non-hydrogen) atoms. The van der Waals surface area contributed by atoms with Gasteiger partial charge in [-0.25, -0.2) is 9.57 Å². The van der Waals surface area contributed by atoms with Gasteiger partial charge in [0.2, 0.25) is 0 Å². The zero-order valence-electron chi connectivity index (χ0n) is 15.8. The summed E-state index contributed by atoms with van der Waals surface area (Å²) < 4.78 is 2.18. The highest BCUT2D eigenvalue weighted by Gasteiger charge is 2.38. The number of allylic oxidation sites excluding steroid dienone is 4. The van der Waals surface area contributed by atoms with Gasteiger partial charge >= 0.3 is 0 Å². The normalized spacial score (nSPS) is 21.3. The molecule has 0 aromatic heterocycles. The third-order valence-corrected chi connectivity index (χ3v) is 9.28. The van der Waals surface area contributed by atoms with Crippen LogP contribution in [0.4, 0.5) is 11.4 Å². The number of nitrogens with zero attached hydrogens (tertiary/aromatic N) is 3. The van der Waals surface area contributed by atoms with Gasteiger partial charge in [0.1, 0.15) is 22.2 Å². The van der Waals surface area contributed by atoms with Gasteiger partial charge in [-0.15, -0.1) is 0 Å². The number of benzene rings is 1. The van der Waals surface area contributed by atoms with Crippen molar-refractivity contribution in [3.8, 4) is 0 Å². The molecule has 0 bridgehead atoms. The van der Waals surface area contributed by atoms with E-state index in [2.05, 4.69) is 73.1 Å². The van der Waals surface area contributed by atoms with Gasteiger partial charge in [0, 0.05) is 30.9 Å². The van der Waals surface area contributed by atoms with E-state index in [1.807, 2.05) is 0 Å². The molecule has 1 aromatic carbocycles. The van der Waals surface area contributed by atoms with Gasteiger partial charge in [0.05, 0.1) is 11.4 Å². The number of aliphatic imine (C=N–C) groups is 1. The second-order valence-electron chi connectivity index (χ2n) is 8.08. The highest BCUT2D eigenvalue weighted by Crippen LogP contribution is 2.33. The molecule has 2 aliphatic heterocycles. The fourth-order valence-electron chi connectivity index (χ4n) is 4.15. The first-order valence-electron chi connectivity index (χ1n) is 9.40. The molecule has 0 spiro atoms. The first kappa shape index (κ1) is 16.5. The summed E-state index contributed by atoms with van der Waals surface area (Å²) in [4.78, 5) is 7.54. The summed E-state index contributed by atoms with van der Waals surface area (Å²) in [6.07, 6.45) is 10.7. The molecule has 1 aromatic rings. The summed E-state index contributed by atoms with van der Waals surface area (Å²) in [6, 6.07) is 6.97. The molecule has 3 nitrogen and oxygen atoms in total. The van der Waals surface area contributed by atoms with Gasteiger partial charge < -0.3 is 4.90 Å². The van der Waals surface area contributed by atoms with Crippen molar-refractivity contribution in [1.82, 2.24) is 0 Å². The smallest absolute Gasteiger partial charge is 0.199 e. The molecule has 0 unspecified atom stereocenters. The van der Waals surface area contributed by atoms with E-state index >= 15 is 0 Å². The van der Waals surface area contributed by atoms with Gasteiger partial charge in [-0.2, -0.15) is 0 Å². The Kier molecular flexibility index (Phi) is 4.03. The van der Waals surface area contributed by atoms with Crippen molar-refractivity contribution in [3.05, 3.63) is 41.6 Å². The molecule has 0 atom stereocenters. The summed E-state index contributed by atoms with van der Waals surface area (Å²) in [6.45, 7) is 7.33. The highest BCUT2D eigenvalue weighted by molar-refractivity contribution is 7.01. The third kappa shape index (κ3) is 2.82. The minimum absolute atomic E-state index is 1.17. The monoisotopic (exact) mass is 350 g/mol. The van der Waals surface area contributed by atoms with Crippen LogP contribution in [0.5, 0.6) is 0 Å². The van der Waals surface area contributed by atoms with E-state index in [1.165, 1.54) is 65.5 Å². The van der Waals surface area contributed by atoms with Gasteiger partial charge in [-0.05, 0) is 53.9 Å². The molecule has 130 valence electrons. The predicted octanol–water partition coefficient (Wildman–Crippen LogP) is 3.43. The zero-order chi connectivity index (χ0) is 17.6. The summed E-state index contributed by atoms with van der Waals surface area (Å²) in [5.74, 6) is 0. The standard InChI is InChI=1S/C21H28N3Si/c1-23(2)16-8-10-18-20(14-16)25(3,4)21-15-17(9-11-19(21)22-18)24-12-6-5-7-13-24/h8-11,14-15H,5-7,12-13H2,1-4H3/q+1. The molecular weight excluding hydrogens is 322 g/mol. The van der Waals surface area contributed by atoms with E-state index in [0.29, 0.717) is 0 Å². The van der Waals surface area contributed by atoms with E-state index in [0.717, 1.165) is 0 Å². The number of hydrogen-bond donors (Lipinski definition) is 0. The number of piperidine rings is 1. The summed E-state index contributed by atoms with van der Waals surface area (Å²) in [7, 11) is 2.47. The van der Waals surface area contributed by atoms with Crippen LogP contribution in [0.2, 0.25) is 13.1 Å². The van der Waals surface area contributed by atoms with Crippen LogP contribution < -0.4 is 10.1 Å². The number of fused-ring (bicyclic) bond motifs is 2. The molecule has 0 radical (unpaired) electrons. The Hall–Kier alpha value is -1.94. The summed E-state index contributed by atoms with van der Waals surface area (Å²) in [5.41, 5.74) is 5.01. The third-order valence-electron chi connectivity index (χ3n) is 5.79. The fraction of sp³-hybridized carbons (Fsp3) is 0.429. The van der Waals surface area contributed by atoms with E-state index in [4.69, 9.17) is 4.99 Å². The van der Waals surface area contributed by atoms with Crippen LogP contribution in [-0.2, 0) is 0 Å². The lowest BCUT2D eigenvalue weighted by atomic mass is 10.1. The average Bonchev–Trinajstić information content (AvgIpc) is 2.62. The van der Waals surface area contributed by atoms with Crippen LogP contribution in [0.1, 0.15) is 19.3 Å². The Morgan fingerprint density at radius 2 is 1.80 bits per heavy atom. The molecule has 1 aliphatic carbocycles. The van der Waals surface area contributed by atoms with Crippen LogP contribution in [0.25, 0.3) is 0 Å². The zero-order valence-corrected chi connectivity index (χ0v) is 16.8. The number of rotatable bonds is 1. The molecule has 4 rings (SSSR count). The molecular formula is C21H28N3Si+. The van der Waals surface area contributed by atoms with Crippen molar-refractivity contribution < 1.29 is 4.58 Å². The lowest BCUT2D eigenvalue weighted by Crippen LogP contribution is -2.49. The van der Waals surface area contributed by atoms with Gasteiger partial charge in [0.15, 0.2) is 5.71 Å². The van der Waals surface area contributed by atoms with Gasteiger partial charge in [-0.1, -0.05) is 13.1 Å². The Bertz CT molecular complexity index is 833. The summed E-state index contributed by atoms with van der Waals surface area (Å²) in [5, 5.41) is 2.95. The van der Waals surface area contributed by atoms with Gasteiger partial charge in [-0.3, -0.25) is 0 Å². The molecule has 0 amide bonds. The lowest BCUT2D eigenvalue weighted by molar-refractivity contribution is -0.462. The number of anilines is 1. The second kappa shape index (κ2) is 6.10. The number of hydrogen-bond acceptors (Lipinski definition) is 2. The van der Waals surface area contributed by atoms with Gasteiger partial charge in [0.25, 0.3) is 0 Å². The highest BCUT2D eigenvalue weighted by atomic mass is 28.3. The quantitative estimate of drug-likeness (QED) is 0.431. The molecule has 0 N–H and O–H groups in total. The lowest BCUT2D eigenvalue weighted by Gasteiger charge is -2.35. The van der Waals surface area contributed by atoms with Crippen LogP contribution in [-0.4, -0.2) is 51.3 Å². The maximum Gasteiger partial charge on any atom is 0.199 e. The molecule has 2 heterocycles. The molecule has 3 aliphatic rings. The first-order chi connectivity index (χ1) is 12.0. The van der Waals surface area contributed by atoms with Crippen LogP contribution in [0, 0.1) is 0 Å². The Morgan fingerprint density at radius 3 is 2.52 bits per heavy atom. The molecule has 0 saturated carbocycles. The second-order valence-corrected chi connectivity index (χ2v) is 12.4. The average molecular weight is 351 g/mol. The summed E-state index contributed by atoms with van der Waals surface area (Å²) >= 11 is 0. The fourth-order valence-corrected chi connectivity index (χ4v) is 7.01. The largest absolute Gasteiger partial charge is 0.372 e. The van der Waals surface area contributed by atoms with Crippen molar-refractivity contribution >= 4 is 36.1 Å². The predicted molar refractivity (Wildman–Crippen MR) is 111 cm³/mol. The van der Waals surface area contributed by atoms with Crippen LogP contribution >= 0.6 is 0 Å². The van der Waals surface area contributed by atoms with Crippen molar-refractivity contribution in [2.75, 3.05) is 32.1 Å². The van der Waals surface area contributed by atoms with Crippen LogP contribution in [0.3, 0.4) is 0 Å². The first-order valence-corrected chi connectivity index (χ1v) is 12.4. The molecule has 4 heteroatoms.